The van der Waals surface area contributed by atoms with Gasteiger partial charge in [0.25, 0.3) is 11.8 Å². The number of likely N-dealkylation sites (tertiary alicyclic amines) is 1. The van der Waals surface area contributed by atoms with Crippen LogP contribution in [0, 0.1) is 5.82 Å². The molecule has 132 valence electrons. The van der Waals surface area contributed by atoms with E-state index in [4.69, 9.17) is 11.6 Å². The molecule has 0 saturated carbocycles. The average molecular weight is 371 g/mol. The van der Waals surface area contributed by atoms with Crippen molar-refractivity contribution in [3.63, 3.8) is 0 Å². The van der Waals surface area contributed by atoms with E-state index in [1.54, 1.807) is 24.3 Å². The molecule has 0 unspecified atom stereocenters. The minimum Gasteiger partial charge on any atom is -0.366 e. The van der Waals surface area contributed by atoms with Crippen molar-refractivity contribution in [3.05, 3.63) is 70.6 Å². The fourth-order valence-electron chi connectivity index (χ4n) is 3.48. The van der Waals surface area contributed by atoms with E-state index in [2.05, 4.69) is 0 Å². The summed E-state index contributed by atoms with van der Waals surface area (Å²) in [5, 5.41) is 0.445. The second-order valence-corrected chi connectivity index (χ2v) is 6.79. The first-order valence-corrected chi connectivity index (χ1v) is 8.83. The summed E-state index contributed by atoms with van der Waals surface area (Å²) in [6, 6.07) is 12.3. The van der Waals surface area contributed by atoms with E-state index in [9.17, 15) is 14.0 Å². The number of halogens is 2. The van der Waals surface area contributed by atoms with Crippen LogP contribution in [-0.4, -0.2) is 29.8 Å². The zero-order valence-electron chi connectivity index (χ0n) is 13.9. The van der Waals surface area contributed by atoms with Gasteiger partial charge in [-0.15, -0.1) is 0 Å². The summed E-state index contributed by atoms with van der Waals surface area (Å²) < 4.78 is 13.3. The van der Waals surface area contributed by atoms with E-state index in [0.29, 0.717) is 27.5 Å². The van der Waals surface area contributed by atoms with Crippen molar-refractivity contribution in [1.29, 1.82) is 0 Å². The normalized spacial score (nSPS) is 17.6. The van der Waals surface area contributed by atoms with Crippen LogP contribution in [-0.2, 0) is 9.59 Å². The molecule has 2 amide bonds. The van der Waals surface area contributed by atoms with Gasteiger partial charge in [0, 0.05) is 18.1 Å². The zero-order chi connectivity index (χ0) is 18.3. The highest BCUT2D eigenvalue weighted by molar-refractivity contribution is 6.45. The summed E-state index contributed by atoms with van der Waals surface area (Å²) in [4.78, 5) is 29.4. The predicted octanol–water partition coefficient (Wildman–Crippen LogP) is 3.86. The van der Waals surface area contributed by atoms with Crippen LogP contribution in [0.3, 0.4) is 0 Å². The van der Waals surface area contributed by atoms with Crippen LogP contribution in [0.5, 0.6) is 0 Å². The Morgan fingerprint density at radius 3 is 2.27 bits per heavy atom. The summed E-state index contributed by atoms with van der Waals surface area (Å²) in [6.45, 7) is 1.45. The first kappa shape index (κ1) is 16.8. The second kappa shape index (κ2) is 6.57. The van der Waals surface area contributed by atoms with Gasteiger partial charge in [0.2, 0.25) is 0 Å². The molecule has 0 bridgehead atoms. The van der Waals surface area contributed by atoms with E-state index in [1.165, 1.54) is 24.3 Å². The summed E-state index contributed by atoms with van der Waals surface area (Å²) in [5.74, 6) is -1.16. The number of rotatable bonds is 3. The largest absolute Gasteiger partial charge is 0.366 e. The van der Waals surface area contributed by atoms with E-state index in [1.807, 2.05) is 4.90 Å². The van der Waals surface area contributed by atoms with E-state index in [-0.39, 0.29) is 11.7 Å². The Bertz CT molecular complexity index is 918. The Kier molecular flexibility index (Phi) is 4.24. The third-order valence-electron chi connectivity index (χ3n) is 4.68. The molecule has 0 atom stereocenters. The van der Waals surface area contributed by atoms with Crippen LogP contribution in [0.4, 0.5) is 10.1 Å². The molecule has 0 aromatic heterocycles. The van der Waals surface area contributed by atoms with E-state index >= 15 is 0 Å². The molecule has 1 saturated heterocycles. The van der Waals surface area contributed by atoms with Crippen LogP contribution in [0.25, 0.3) is 5.57 Å². The summed E-state index contributed by atoms with van der Waals surface area (Å²) in [6.07, 6.45) is 1.94. The molecule has 1 fully saturated rings. The molecule has 0 N–H and O–H groups in total. The number of benzene rings is 2. The Labute approximate surface area is 155 Å². The van der Waals surface area contributed by atoms with Crippen molar-refractivity contribution in [3.8, 4) is 0 Å². The first-order valence-electron chi connectivity index (χ1n) is 8.46. The Morgan fingerprint density at radius 1 is 0.923 bits per heavy atom. The lowest BCUT2D eigenvalue weighted by molar-refractivity contribution is -0.120. The number of carbonyl (C=O) groups excluding carboxylic acids is 2. The van der Waals surface area contributed by atoms with Crippen molar-refractivity contribution < 1.29 is 14.0 Å². The van der Waals surface area contributed by atoms with E-state index < -0.39 is 5.91 Å². The maximum Gasteiger partial charge on any atom is 0.282 e. The highest BCUT2D eigenvalue weighted by Crippen LogP contribution is 2.36. The maximum absolute atomic E-state index is 13.3. The van der Waals surface area contributed by atoms with Gasteiger partial charge >= 0.3 is 0 Å². The molecule has 4 nitrogen and oxygen atoms in total. The average Bonchev–Trinajstić information content (AvgIpc) is 3.22. The van der Waals surface area contributed by atoms with Crippen LogP contribution in [0.1, 0.15) is 18.4 Å². The minimum atomic E-state index is -0.411. The molecule has 2 aliphatic rings. The molecular formula is C20H16ClFN2O2. The third-order valence-corrected chi connectivity index (χ3v) is 4.92. The predicted molar refractivity (Wildman–Crippen MR) is 98.1 cm³/mol. The molecule has 26 heavy (non-hydrogen) atoms. The van der Waals surface area contributed by atoms with Crippen molar-refractivity contribution in [2.45, 2.75) is 12.8 Å². The van der Waals surface area contributed by atoms with Gasteiger partial charge in [-0.2, -0.15) is 0 Å². The van der Waals surface area contributed by atoms with Gasteiger partial charge in [-0.05, 0) is 48.7 Å². The van der Waals surface area contributed by atoms with E-state index in [0.717, 1.165) is 30.8 Å². The van der Waals surface area contributed by atoms with Gasteiger partial charge in [0.1, 0.15) is 11.5 Å². The Balaban J connectivity index is 1.84. The highest BCUT2D eigenvalue weighted by Gasteiger charge is 2.42. The Morgan fingerprint density at radius 2 is 1.62 bits per heavy atom. The molecule has 0 spiro atoms. The SMILES string of the molecule is O=C1C(c2ccc(F)cc2)=C(N2CCCC2)C(=O)N1c1cccc(Cl)c1. The van der Waals surface area contributed by atoms with Crippen LogP contribution >= 0.6 is 11.6 Å². The third kappa shape index (κ3) is 2.78. The van der Waals surface area contributed by atoms with Crippen LogP contribution < -0.4 is 4.90 Å². The van der Waals surface area contributed by atoms with Gasteiger partial charge in [-0.25, -0.2) is 9.29 Å². The van der Waals surface area contributed by atoms with Gasteiger partial charge in [-0.1, -0.05) is 29.8 Å². The topological polar surface area (TPSA) is 40.6 Å². The second-order valence-electron chi connectivity index (χ2n) is 6.35. The number of anilines is 1. The lowest BCUT2D eigenvalue weighted by Gasteiger charge is -2.20. The number of carbonyl (C=O) groups is 2. The number of hydrogen-bond acceptors (Lipinski definition) is 3. The monoisotopic (exact) mass is 370 g/mol. The van der Waals surface area contributed by atoms with Gasteiger partial charge in [0.15, 0.2) is 0 Å². The fourth-order valence-corrected chi connectivity index (χ4v) is 3.66. The standard InChI is InChI=1S/C20H16ClFN2O2/c21-14-4-3-5-16(12-14)24-19(25)17(13-6-8-15(22)9-7-13)18(20(24)26)23-10-1-2-11-23/h3-9,12H,1-2,10-11H2. The molecule has 4 rings (SSSR count). The molecule has 2 aromatic carbocycles. The summed E-state index contributed by atoms with van der Waals surface area (Å²) in [7, 11) is 0. The molecule has 0 radical (unpaired) electrons. The Hall–Kier alpha value is -2.66. The quantitative estimate of drug-likeness (QED) is 0.770. The number of amides is 2. The number of imide groups is 1. The summed E-state index contributed by atoms with van der Waals surface area (Å²) in [5.41, 5.74) is 1.67. The van der Waals surface area contributed by atoms with Gasteiger partial charge in [-0.3, -0.25) is 9.59 Å². The van der Waals surface area contributed by atoms with Crippen molar-refractivity contribution in [2.75, 3.05) is 18.0 Å². The van der Waals surface area contributed by atoms with Crippen molar-refractivity contribution in [2.24, 2.45) is 0 Å². The molecule has 2 heterocycles. The number of nitrogens with zero attached hydrogens (tertiary/aromatic N) is 2. The molecular weight excluding hydrogens is 355 g/mol. The maximum atomic E-state index is 13.3. The van der Waals surface area contributed by atoms with Crippen molar-refractivity contribution in [1.82, 2.24) is 4.90 Å². The van der Waals surface area contributed by atoms with Crippen LogP contribution in [0.2, 0.25) is 5.02 Å². The lowest BCUT2D eigenvalue weighted by Crippen LogP contribution is -2.34. The summed E-state index contributed by atoms with van der Waals surface area (Å²) >= 11 is 6.04. The highest BCUT2D eigenvalue weighted by atomic mass is 35.5. The molecule has 0 aliphatic carbocycles. The zero-order valence-corrected chi connectivity index (χ0v) is 14.7. The van der Waals surface area contributed by atoms with Crippen molar-refractivity contribution >= 4 is 34.7 Å². The fraction of sp³-hybridized carbons (Fsp3) is 0.200. The molecule has 2 aromatic rings. The molecule has 2 aliphatic heterocycles. The van der Waals surface area contributed by atoms with Gasteiger partial charge in [0.05, 0.1) is 11.3 Å². The number of hydrogen-bond donors (Lipinski definition) is 0. The minimum absolute atomic E-state index is 0.317. The first-order chi connectivity index (χ1) is 12.6. The molecule has 6 heteroatoms. The van der Waals surface area contributed by atoms with Gasteiger partial charge < -0.3 is 4.90 Å². The van der Waals surface area contributed by atoms with Crippen LogP contribution in [0.15, 0.2) is 54.2 Å². The lowest BCUT2D eigenvalue weighted by atomic mass is 10.0. The smallest absolute Gasteiger partial charge is 0.282 e.